The number of carbonyl (C=O) groups excluding carboxylic acids is 1. The average Bonchev–Trinajstić information content (AvgIpc) is 2.81. The number of methoxy groups -OCH3 is 1. The molecule has 6 heteroatoms. The van der Waals surface area contributed by atoms with Gasteiger partial charge in [0.2, 0.25) is 0 Å². The fourth-order valence-corrected chi connectivity index (χ4v) is 1.66. The molecule has 0 unspecified atom stereocenters. The lowest BCUT2D eigenvalue weighted by molar-refractivity contribution is 0.0602. The van der Waals surface area contributed by atoms with Crippen molar-refractivity contribution in [1.29, 1.82) is 0 Å². The van der Waals surface area contributed by atoms with Gasteiger partial charge >= 0.3 is 13.1 Å². The fraction of sp³-hybridized carbons (Fsp3) is 0.300. The third-order valence-electron chi connectivity index (χ3n) is 2.40. The molecule has 16 heavy (non-hydrogen) atoms. The smallest absolute Gasteiger partial charge is 0.465 e. The fourth-order valence-electron chi connectivity index (χ4n) is 1.66. The first kappa shape index (κ1) is 11.0. The molecule has 0 aliphatic carbocycles. The second-order valence-corrected chi connectivity index (χ2v) is 3.37. The van der Waals surface area contributed by atoms with E-state index >= 15 is 0 Å². The van der Waals surface area contributed by atoms with Crippen molar-refractivity contribution in [2.45, 2.75) is 0 Å². The average molecular weight is 221 g/mol. The van der Waals surface area contributed by atoms with Crippen LogP contribution in [-0.2, 0) is 14.0 Å². The lowest BCUT2D eigenvalue weighted by Gasteiger charge is -2.12. The molecule has 1 fully saturated rings. The highest BCUT2D eigenvalue weighted by atomic mass is 16.6. The summed E-state index contributed by atoms with van der Waals surface area (Å²) in [5.41, 5.74) is 7.23. The van der Waals surface area contributed by atoms with E-state index in [1.54, 1.807) is 18.2 Å². The van der Waals surface area contributed by atoms with E-state index in [0.717, 1.165) is 0 Å². The molecule has 0 spiro atoms. The quantitative estimate of drug-likeness (QED) is 0.425. The van der Waals surface area contributed by atoms with E-state index in [4.69, 9.17) is 15.0 Å². The normalized spacial score (nSPS) is 15.2. The minimum atomic E-state index is -0.574. The van der Waals surface area contributed by atoms with Gasteiger partial charge in [-0.1, -0.05) is 6.07 Å². The van der Waals surface area contributed by atoms with E-state index < -0.39 is 13.1 Å². The summed E-state index contributed by atoms with van der Waals surface area (Å²) < 4.78 is 15.4. The number of carbonyl (C=O) groups is 1. The number of nitrogen functional groups attached to an aromatic ring is 1. The summed E-state index contributed by atoms with van der Waals surface area (Å²) in [6.45, 7) is 0.999. The summed E-state index contributed by atoms with van der Waals surface area (Å²) in [7, 11) is 0.751. The van der Waals surface area contributed by atoms with Crippen molar-refractivity contribution in [3.63, 3.8) is 0 Å². The van der Waals surface area contributed by atoms with Gasteiger partial charge in [-0.3, -0.25) is 0 Å². The van der Waals surface area contributed by atoms with Crippen molar-refractivity contribution >= 4 is 24.2 Å². The Bertz CT molecular complexity index is 404. The van der Waals surface area contributed by atoms with E-state index in [-0.39, 0.29) is 0 Å². The van der Waals surface area contributed by atoms with Crippen LogP contribution in [0.15, 0.2) is 18.2 Å². The van der Waals surface area contributed by atoms with E-state index in [0.29, 0.717) is 29.9 Å². The Morgan fingerprint density at radius 1 is 1.44 bits per heavy atom. The molecule has 0 aromatic heterocycles. The molecule has 1 aliphatic heterocycles. The summed E-state index contributed by atoms with van der Waals surface area (Å²) in [5, 5.41) is 0. The molecule has 1 heterocycles. The van der Waals surface area contributed by atoms with Gasteiger partial charge in [-0.25, -0.2) is 4.79 Å². The zero-order chi connectivity index (χ0) is 11.5. The molecule has 0 bridgehead atoms. The van der Waals surface area contributed by atoms with Gasteiger partial charge in [0.15, 0.2) is 0 Å². The first-order valence-electron chi connectivity index (χ1n) is 4.94. The van der Waals surface area contributed by atoms with Crippen LogP contribution in [0.1, 0.15) is 10.4 Å². The van der Waals surface area contributed by atoms with Crippen LogP contribution in [0, 0.1) is 0 Å². The molecule has 1 saturated heterocycles. The highest BCUT2D eigenvalue weighted by molar-refractivity contribution is 6.65. The SMILES string of the molecule is COC(=O)c1cccc(N)c1B1OCCO1. The number of rotatable bonds is 2. The monoisotopic (exact) mass is 221 g/mol. The van der Waals surface area contributed by atoms with Gasteiger partial charge in [0.05, 0.1) is 25.9 Å². The van der Waals surface area contributed by atoms with Crippen molar-refractivity contribution in [2.75, 3.05) is 26.1 Å². The van der Waals surface area contributed by atoms with Gasteiger partial charge in [0.1, 0.15) is 0 Å². The largest absolute Gasteiger partial charge is 0.497 e. The molecule has 1 aromatic rings. The molecule has 2 N–H and O–H groups in total. The van der Waals surface area contributed by atoms with Crippen molar-refractivity contribution in [1.82, 2.24) is 0 Å². The third kappa shape index (κ3) is 1.89. The molecule has 1 aliphatic rings. The van der Waals surface area contributed by atoms with Gasteiger partial charge in [0.25, 0.3) is 0 Å². The minimum absolute atomic E-state index is 0.384. The van der Waals surface area contributed by atoms with Crippen molar-refractivity contribution < 1.29 is 18.8 Å². The Hall–Kier alpha value is -1.53. The molecular formula is C10H12BNO4. The highest BCUT2D eigenvalue weighted by Crippen LogP contribution is 2.11. The number of anilines is 1. The topological polar surface area (TPSA) is 70.8 Å². The summed E-state index contributed by atoms with van der Waals surface area (Å²) >= 11 is 0. The van der Waals surface area contributed by atoms with Gasteiger partial charge in [-0.2, -0.15) is 0 Å². The highest BCUT2D eigenvalue weighted by Gasteiger charge is 2.32. The van der Waals surface area contributed by atoms with Crippen LogP contribution >= 0.6 is 0 Å². The zero-order valence-electron chi connectivity index (χ0n) is 8.93. The molecule has 2 rings (SSSR count). The van der Waals surface area contributed by atoms with Crippen LogP contribution in [0.4, 0.5) is 5.69 Å². The number of ether oxygens (including phenoxy) is 1. The molecule has 0 saturated carbocycles. The van der Waals surface area contributed by atoms with E-state index in [1.165, 1.54) is 7.11 Å². The molecule has 5 nitrogen and oxygen atoms in total. The maximum atomic E-state index is 11.6. The van der Waals surface area contributed by atoms with E-state index in [9.17, 15) is 4.79 Å². The van der Waals surface area contributed by atoms with Gasteiger partial charge in [0, 0.05) is 11.2 Å². The second kappa shape index (κ2) is 4.55. The lowest BCUT2D eigenvalue weighted by Crippen LogP contribution is -2.38. The van der Waals surface area contributed by atoms with Crippen molar-refractivity contribution in [2.24, 2.45) is 0 Å². The second-order valence-electron chi connectivity index (χ2n) is 3.37. The number of hydrogen-bond acceptors (Lipinski definition) is 5. The molecule has 0 amide bonds. The Balaban J connectivity index is 2.43. The number of esters is 1. The Morgan fingerprint density at radius 3 is 2.75 bits per heavy atom. The van der Waals surface area contributed by atoms with Crippen LogP contribution in [0.2, 0.25) is 0 Å². The molecule has 84 valence electrons. The summed E-state index contributed by atoms with van der Waals surface area (Å²) in [4.78, 5) is 11.6. The first-order valence-corrected chi connectivity index (χ1v) is 4.94. The Labute approximate surface area is 93.6 Å². The van der Waals surface area contributed by atoms with Crippen molar-refractivity contribution in [3.8, 4) is 0 Å². The van der Waals surface area contributed by atoms with Gasteiger partial charge < -0.3 is 19.8 Å². The number of nitrogens with two attached hydrogens (primary N) is 1. The molecule has 1 aromatic carbocycles. The predicted molar refractivity (Wildman–Crippen MR) is 59.5 cm³/mol. The number of hydrogen-bond donors (Lipinski definition) is 1. The van der Waals surface area contributed by atoms with Crippen molar-refractivity contribution in [3.05, 3.63) is 23.8 Å². The summed E-state index contributed by atoms with van der Waals surface area (Å²) in [6.07, 6.45) is 0. The number of benzene rings is 1. The molecule has 0 radical (unpaired) electrons. The first-order chi connectivity index (χ1) is 7.74. The van der Waals surface area contributed by atoms with E-state index in [2.05, 4.69) is 4.74 Å². The van der Waals surface area contributed by atoms with E-state index in [1.807, 2.05) is 0 Å². The maximum absolute atomic E-state index is 11.6. The Kier molecular flexibility index (Phi) is 3.12. The summed E-state index contributed by atoms with van der Waals surface area (Å²) in [6, 6.07) is 5.04. The third-order valence-corrected chi connectivity index (χ3v) is 2.40. The standard InChI is InChI=1S/C10H12BNO4/c1-14-10(13)7-3-2-4-8(12)9(7)11-15-5-6-16-11/h2-4H,5-6,12H2,1H3. The zero-order valence-corrected chi connectivity index (χ0v) is 8.93. The van der Waals surface area contributed by atoms with Crippen LogP contribution in [0.25, 0.3) is 0 Å². The molecule has 0 atom stereocenters. The van der Waals surface area contributed by atoms with Crippen LogP contribution in [0.3, 0.4) is 0 Å². The minimum Gasteiger partial charge on any atom is -0.465 e. The maximum Gasteiger partial charge on any atom is 0.497 e. The van der Waals surface area contributed by atoms with Gasteiger partial charge in [-0.05, 0) is 12.1 Å². The van der Waals surface area contributed by atoms with Gasteiger partial charge in [-0.15, -0.1) is 0 Å². The predicted octanol–water partition coefficient (Wildman–Crippen LogP) is -0.203. The molecular weight excluding hydrogens is 209 g/mol. The lowest BCUT2D eigenvalue weighted by atomic mass is 9.75. The van der Waals surface area contributed by atoms with Crippen LogP contribution in [-0.4, -0.2) is 33.4 Å². The van der Waals surface area contributed by atoms with Crippen LogP contribution in [0.5, 0.6) is 0 Å². The Morgan fingerprint density at radius 2 is 2.12 bits per heavy atom. The van der Waals surface area contributed by atoms with Crippen LogP contribution < -0.4 is 11.2 Å². The summed E-state index contributed by atoms with van der Waals surface area (Å²) in [5.74, 6) is -0.443.